The first-order valence-electron chi connectivity index (χ1n) is 2.96. The third-order valence-electron chi connectivity index (χ3n) is 1.59. The Morgan fingerprint density at radius 2 is 2.33 bits per heavy atom. The topological polar surface area (TPSA) is 29.5 Å². The summed E-state index contributed by atoms with van der Waals surface area (Å²) in [4.78, 5) is 11.9. The molecule has 1 rings (SSSR count). The summed E-state index contributed by atoms with van der Waals surface area (Å²) in [5.41, 5.74) is -0.0955. The van der Waals surface area contributed by atoms with Crippen molar-refractivity contribution in [1.29, 1.82) is 0 Å². The lowest BCUT2D eigenvalue weighted by atomic mass is 10.1. The Bertz CT molecular complexity index is 122. The van der Waals surface area contributed by atoms with E-state index in [9.17, 15) is 4.79 Å². The van der Waals surface area contributed by atoms with Crippen LogP contribution in [0.4, 0.5) is 0 Å². The van der Waals surface area contributed by atoms with Gasteiger partial charge in [-0.3, -0.25) is 4.79 Å². The number of carbonyl (C=O) groups is 1. The Balaban J connectivity index is 2.62. The Morgan fingerprint density at radius 3 is 2.56 bits per heavy atom. The predicted octanol–water partition coefficient (Wildman–Crippen LogP) is 0.211. The van der Waals surface area contributed by atoms with Crippen LogP contribution in [0.1, 0.15) is 13.8 Å². The highest BCUT2D eigenvalue weighted by molar-refractivity contribution is 5.48. The number of nitrogens with zero attached hydrogens (tertiary/aromatic N) is 1. The van der Waals surface area contributed by atoms with E-state index in [4.69, 9.17) is 4.74 Å². The van der Waals surface area contributed by atoms with E-state index in [1.54, 1.807) is 4.90 Å². The molecule has 0 N–H and O–H groups in total. The number of amides is 1. The third-order valence-corrected chi connectivity index (χ3v) is 1.59. The molecule has 1 aliphatic rings. The van der Waals surface area contributed by atoms with E-state index in [1.807, 2.05) is 13.8 Å². The van der Waals surface area contributed by atoms with Crippen molar-refractivity contribution in [2.75, 3.05) is 13.3 Å². The highest BCUT2D eigenvalue weighted by Crippen LogP contribution is 2.18. The Kier molecular flexibility index (Phi) is 1.45. The molecule has 0 aromatic heterocycles. The van der Waals surface area contributed by atoms with E-state index >= 15 is 0 Å². The first-order valence-corrected chi connectivity index (χ1v) is 2.96. The number of hydrogen-bond acceptors (Lipinski definition) is 2. The van der Waals surface area contributed by atoms with Crippen molar-refractivity contribution in [3.05, 3.63) is 0 Å². The minimum atomic E-state index is -0.0955. The van der Waals surface area contributed by atoms with Gasteiger partial charge in [0.25, 0.3) is 0 Å². The molecule has 0 aromatic carbocycles. The molecule has 1 fully saturated rings. The van der Waals surface area contributed by atoms with Gasteiger partial charge in [-0.2, -0.15) is 0 Å². The van der Waals surface area contributed by atoms with Gasteiger partial charge in [0.15, 0.2) is 0 Å². The SMILES string of the molecule is CC1(C)COCN1C=O. The maximum absolute atomic E-state index is 10.3. The van der Waals surface area contributed by atoms with Crippen molar-refractivity contribution in [2.24, 2.45) is 0 Å². The molecule has 0 aromatic rings. The second-order valence-electron chi connectivity index (χ2n) is 2.87. The summed E-state index contributed by atoms with van der Waals surface area (Å²) >= 11 is 0. The number of ether oxygens (including phenoxy) is 1. The van der Waals surface area contributed by atoms with Crippen LogP contribution in [0.5, 0.6) is 0 Å². The molecule has 3 nitrogen and oxygen atoms in total. The van der Waals surface area contributed by atoms with Crippen molar-refractivity contribution in [1.82, 2.24) is 4.90 Å². The van der Waals surface area contributed by atoms with Gasteiger partial charge < -0.3 is 9.64 Å². The summed E-state index contributed by atoms with van der Waals surface area (Å²) in [5.74, 6) is 0. The largest absolute Gasteiger partial charge is 0.359 e. The summed E-state index contributed by atoms with van der Waals surface area (Å²) < 4.78 is 5.06. The molecule has 0 bridgehead atoms. The van der Waals surface area contributed by atoms with Crippen LogP contribution >= 0.6 is 0 Å². The number of carbonyl (C=O) groups excluding carboxylic acids is 1. The molecule has 1 aliphatic heterocycles. The number of rotatable bonds is 1. The molecule has 0 unspecified atom stereocenters. The van der Waals surface area contributed by atoms with Crippen LogP contribution in [0.15, 0.2) is 0 Å². The van der Waals surface area contributed by atoms with Gasteiger partial charge in [-0.05, 0) is 13.8 Å². The van der Waals surface area contributed by atoms with Gasteiger partial charge in [-0.1, -0.05) is 0 Å². The lowest BCUT2D eigenvalue weighted by Gasteiger charge is -2.24. The summed E-state index contributed by atoms with van der Waals surface area (Å²) in [7, 11) is 0. The van der Waals surface area contributed by atoms with E-state index < -0.39 is 0 Å². The van der Waals surface area contributed by atoms with Crippen molar-refractivity contribution in [2.45, 2.75) is 19.4 Å². The fourth-order valence-electron chi connectivity index (χ4n) is 0.825. The van der Waals surface area contributed by atoms with Crippen LogP contribution in [-0.4, -0.2) is 30.2 Å². The predicted molar refractivity (Wildman–Crippen MR) is 32.8 cm³/mol. The molecule has 1 saturated heterocycles. The molecular formula is C6H11NO2. The fourth-order valence-corrected chi connectivity index (χ4v) is 0.825. The van der Waals surface area contributed by atoms with E-state index in [-0.39, 0.29) is 5.54 Å². The average Bonchev–Trinajstić information content (AvgIpc) is 2.08. The van der Waals surface area contributed by atoms with Gasteiger partial charge in [0.05, 0.1) is 12.1 Å². The van der Waals surface area contributed by atoms with Crippen LogP contribution in [0.2, 0.25) is 0 Å². The zero-order valence-electron chi connectivity index (χ0n) is 5.76. The Labute approximate surface area is 54.6 Å². The Hall–Kier alpha value is -0.570. The fraction of sp³-hybridized carbons (Fsp3) is 0.833. The van der Waals surface area contributed by atoms with Crippen LogP contribution in [0.25, 0.3) is 0 Å². The summed E-state index contributed by atoms with van der Waals surface area (Å²) in [6.07, 6.45) is 0.826. The lowest BCUT2D eigenvalue weighted by molar-refractivity contribution is -0.121. The molecule has 0 radical (unpaired) electrons. The molecule has 1 heterocycles. The van der Waals surface area contributed by atoms with Crippen LogP contribution < -0.4 is 0 Å². The van der Waals surface area contributed by atoms with Gasteiger partial charge in [0.2, 0.25) is 6.41 Å². The zero-order valence-corrected chi connectivity index (χ0v) is 5.76. The monoisotopic (exact) mass is 129 g/mol. The van der Waals surface area contributed by atoms with Gasteiger partial charge in [-0.15, -0.1) is 0 Å². The maximum Gasteiger partial charge on any atom is 0.212 e. The van der Waals surface area contributed by atoms with E-state index in [0.717, 1.165) is 6.41 Å². The standard InChI is InChI=1S/C6H11NO2/c1-6(2)3-9-5-7(6)4-8/h4H,3,5H2,1-2H3. The highest BCUT2D eigenvalue weighted by atomic mass is 16.5. The van der Waals surface area contributed by atoms with Gasteiger partial charge in [0, 0.05) is 0 Å². The van der Waals surface area contributed by atoms with Crippen LogP contribution in [-0.2, 0) is 9.53 Å². The normalized spacial score (nSPS) is 24.4. The smallest absolute Gasteiger partial charge is 0.212 e. The highest BCUT2D eigenvalue weighted by Gasteiger charge is 2.31. The van der Waals surface area contributed by atoms with Gasteiger partial charge >= 0.3 is 0 Å². The van der Waals surface area contributed by atoms with Crippen molar-refractivity contribution < 1.29 is 9.53 Å². The van der Waals surface area contributed by atoms with Crippen molar-refractivity contribution >= 4 is 6.41 Å². The molecule has 3 heteroatoms. The summed E-state index contributed by atoms with van der Waals surface area (Å²) in [5, 5.41) is 0. The Morgan fingerprint density at radius 1 is 1.67 bits per heavy atom. The minimum Gasteiger partial charge on any atom is -0.359 e. The molecule has 9 heavy (non-hydrogen) atoms. The van der Waals surface area contributed by atoms with Crippen molar-refractivity contribution in [3.8, 4) is 0 Å². The minimum absolute atomic E-state index is 0.0955. The summed E-state index contributed by atoms with van der Waals surface area (Å²) in [6, 6.07) is 0. The maximum atomic E-state index is 10.3. The molecule has 0 spiro atoms. The van der Waals surface area contributed by atoms with Gasteiger partial charge in [-0.25, -0.2) is 0 Å². The first kappa shape index (κ1) is 6.55. The average molecular weight is 129 g/mol. The van der Waals surface area contributed by atoms with Crippen LogP contribution in [0, 0.1) is 0 Å². The van der Waals surface area contributed by atoms with Gasteiger partial charge in [0.1, 0.15) is 6.73 Å². The number of hydrogen-bond donors (Lipinski definition) is 0. The molecular weight excluding hydrogens is 118 g/mol. The zero-order chi connectivity index (χ0) is 6.91. The van der Waals surface area contributed by atoms with E-state index in [1.165, 1.54) is 0 Å². The molecule has 1 amide bonds. The molecule has 0 aliphatic carbocycles. The van der Waals surface area contributed by atoms with E-state index in [2.05, 4.69) is 0 Å². The van der Waals surface area contributed by atoms with Crippen molar-refractivity contribution in [3.63, 3.8) is 0 Å². The second-order valence-corrected chi connectivity index (χ2v) is 2.87. The lowest BCUT2D eigenvalue weighted by Crippen LogP contribution is -2.38. The summed E-state index contributed by atoms with van der Waals surface area (Å²) in [6.45, 7) is 5.05. The molecule has 0 saturated carbocycles. The molecule has 0 atom stereocenters. The second kappa shape index (κ2) is 1.99. The first-order chi connectivity index (χ1) is 4.17. The molecule has 52 valence electrons. The third kappa shape index (κ3) is 1.05. The quantitative estimate of drug-likeness (QED) is 0.474. The van der Waals surface area contributed by atoms with E-state index in [0.29, 0.717) is 13.3 Å². The van der Waals surface area contributed by atoms with Crippen LogP contribution in [0.3, 0.4) is 0 Å².